The molecule has 0 aromatic carbocycles. The maximum absolute atomic E-state index is 12.7. The van der Waals surface area contributed by atoms with Crippen LogP contribution in [0.25, 0.3) is 0 Å². The van der Waals surface area contributed by atoms with Crippen LogP contribution >= 0.6 is 0 Å². The molecule has 0 saturated carbocycles. The van der Waals surface area contributed by atoms with Gasteiger partial charge in [-0.2, -0.15) is 48.3 Å². The maximum Gasteiger partial charge on any atom is 0.460 e. The monoisotopic (exact) mass is 328 g/mol. The summed E-state index contributed by atoms with van der Waals surface area (Å²) in [5, 5.41) is 0. The van der Waals surface area contributed by atoms with Gasteiger partial charge in [0, 0.05) is 0 Å². The molecule has 20 heavy (non-hydrogen) atoms. The van der Waals surface area contributed by atoms with E-state index in [1.165, 1.54) is 0 Å². The van der Waals surface area contributed by atoms with Crippen LogP contribution in [0.3, 0.4) is 0 Å². The van der Waals surface area contributed by atoms with Crippen molar-refractivity contribution in [3.63, 3.8) is 0 Å². The van der Waals surface area contributed by atoms with Gasteiger partial charge in [-0.05, 0) is 0 Å². The smallest absolute Gasteiger partial charge is 0.460 e. The normalized spacial score (nSPS) is 15.2. The molecule has 0 radical (unpaired) electrons. The predicted molar refractivity (Wildman–Crippen MR) is 37.9 cm³/mol. The lowest BCUT2D eigenvalue weighted by Gasteiger charge is -2.35. The number of esters is 1. The van der Waals surface area contributed by atoms with Crippen molar-refractivity contribution in [2.45, 2.75) is 29.9 Å². The van der Waals surface area contributed by atoms with Gasteiger partial charge in [0.15, 0.2) is 0 Å². The first-order chi connectivity index (χ1) is 8.48. The molecule has 0 aliphatic heterocycles. The van der Waals surface area contributed by atoms with Crippen LogP contribution in [0.5, 0.6) is 0 Å². The molecule has 120 valence electrons. The highest BCUT2D eigenvalue weighted by molar-refractivity contribution is 5.79. The highest BCUT2D eigenvalue weighted by Crippen LogP contribution is 2.57. The lowest BCUT2D eigenvalue weighted by Crippen LogP contribution is -2.68. The molecule has 0 aromatic heterocycles. The Morgan fingerprint density at radius 3 is 1.30 bits per heavy atom. The van der Waals surface area contributed by atoms with E-state index in [0.29, 0.717) is 0 Å². The second-order valence-electron chi connectivity index (χ2n) is 3.29. The van der Waals surface area contributed by atoms with Crippen LogP contribution in [0.2, 0.25) is 0 Å². The van der Waals surface area contributed by atoms with Gasteiger partial charge >= 0.3 is 35.8 Å². The molecule has 13 heteroatoms. The molecule has 0 spiro atoms. The number of rotatable bonds is 4. The van der Waals surface area contributed by atoms with Gasteiger partial charge < -0.3 is 4.74 Å². The SMILES string of the molecule is COC(=O)C(F)(F)C(F)(F)C(F)(F)C(F)(F)C(F)(F)F. The Morgan fingerprint density at radius 1 is 0.700 bits per heavy atom. The number of alkyl halides is 11. The van der Waals surface area contributed by atoms with Gasteiger partial charge in [-0.25, -0.2) is 4.79 Å². The first-order valence-electron chi connectivity index (χ1n) is 4.15. The minimum atomic E-state index is -7.60. The Morgan fingerprint density at radius 2 is 1.05 bits per heavy atom. The molecule has 0 unspecified atom stereocenters. The lowest BCUT2D eigenvalue weighted by molar-refractivity contribution is -0.418. The number of hydrogen-bond acceptors (Lipinski definition) is 2. The Labute approximate surface area is 102 Å². The van der Waals surface area contributed by atoms with E-state index in [4.69, 9.17) is 0 Å². The molecular weight excluding hydrogens is 325 g/mol. The van der Waals surface area contributed by atoms with Crippen LogP contribution in [0.1, 0.15) is 0 Å². The molecule has 0 rings (SSSR count). The zero-order valence-electron chi connectivity index (χ0n) is 8.97. The average molecular weight is 328 g/mol. The summed E-state index contributed by atoms with van der Waals surface area (Å²) in [7, 11) is 0.00632. The van der Waals surface area contributed by atoms with Crippen LogP contribution in [-0.2, 0) is 9.53 Å². The summed E-state index contributed by atoms with van der Waals surface area (Å²) in [6, 6.07) is 0. The Kier molecular flexibility index (Phi) is 4.32. The van der Waals surface area contributed by atoms with Gasteiger partial charge in [-0.3, -0.25) is 0 Å². The predicted octanol–water partition coefficient (Wildman–Crippen LogP) is 3.26. The summed E-state index contributed by atoms with van der Waals surface area (Å²) < 4.78 is 138. The van der Waals surface area contributed by atoms with E-state index in [1.54, 1.807) is 0 Å². The van der Waals surface area contributed by atoms with Crippen LogP contribution in [0.4, 0.5) is 48.3 Å². The molecule has 0 N–H and O–H groups in total. The number of methoxy groups -OCH3 is 1. The van der Waals surface area contributed by atoms with Crippen LogP contribution in [-0.4, -0.2) is 42.9 Å². The van der Waals surface area contributed by atoms with Gasteiger partial charge in [0.25, 0.3) is 0 Å². The summed E-state index contributed by atoms with van der Waals surface area (Å²) in [5.74, 6) is -32.5. The average Bonchev–Trinajstić information content (AvgIpc) is 2.25. The Bertz CT molecular complexity index is 383. The van der Waals surface area contributed by atoms with Crippen LogP contribution in [0, 0.1) is 0 Å². The quantitative estimate of drug-likeness (QED) is 0.585. The summed E-state index contributed by atoms with van der Waals surface area (Å²) in [6.07, 6.45) is -7.26. The van der Waals surface area contributed by atoms with Gasteiger partial charge in [-0.15, -0.1) is 0 Å². The molecule has 0 atom stereocenters. The van der Waals surface area contributed by atoms with Crippen molar-refractivity contribution in [2.75, 3.05) is 7.11 Å². The first-order valence-corrected chi connectivity index (χ1v) is 4.15. The third kappa shape index (κ3) is 2.26. The zero-order chi connectivity index (χ0) is 16.8. The van der Waals surface area contributed by atoms with Crippen molar-refractivity contribution in [3.8, 4) is 0 Å². The van der Waals surface area contributed by atoms with E-state index >= 15 is 0 Å². The third-order valence-corrected chi connectivity index (χ3v) is 1.98. The molecule has 0 aromatic rings. The maximum atomic E-state index is 12.7. The zero-order valence-corrected chi connectivity index (χ0v) is 8.97. The van der Waals surface area contributed by atoms with E-state index in [0.717, 1.165) is 0 Å². The molecule has 0 amide bonds. The van der Waals surface area contributed by atoms with Gasteiger partial charge in [-0.1, -0.05) is 0 Å². The van der Waals surface area contributed by atoms with E-state index < -0.39 is 35.8 Å². The topological polar surface area (TPSA) is 26.3 Å². The second kappa shape index (κ2) is 4.62. The lowest BCUT2D eigenvalue weighted by atomic mass is 9.98. The minimum Gasteiger partial charge on any atom is -0.464 e. The molecule has 0 bridgehead atoms. The van der Waals surface area contributed by atoms with Crippen LogP contribution < -0.4 is 0 Å². The van der Waals surface area contributed by atoms with Crippen molar-refractivity contribution in [1.29, 1.82) is 0 Å². The van der Waals surface area contributed by atoms with Gasteiger partial charge in [0.1, 0.15) is 0 Å². The minimum absolute atomic E-state index is 0.00632. The van der Waals surface area contributed by atoms with Crippen molar-refractivity contribution >= 4 is 5.97 Å². The third-order valence-electron chi connectivity index (χ3n) is 1.98. The van der Waals surface area contributed by atoms with Crippen molar-refractivity contribution in [1.82, 2.24) is 0 Å². The fourth-order valence-corrected chi connectivity index (χ4v) is 0.829. The highest BCUT2D eigenvalue weighted by Gasteiger charge is 2.88. The Hall–Kier alpha value is -1.30. The summed E-state index contributed by atoms with van der Waals surface area (Å²) >= 11 is 0. The molecule has 0 heterocycles. The van der Waals surface area contributed by atoms with Crippen molar-refractivity contribution in [3.05, 3.63) is 0 Å². The van der Waals surface area contributed by atoms with Gasteiger partial charge in [0.2, 0.25) is 0 Å². The fraction of sp³-hybridized carbons (Fsp3) is 0.857. The Balaban J connectivity index is 6.00. The molecular formula is C7H3F11O2. The number of ether oxygens (including phenoxy) is 1. The van der Waals surface area contributed by atoms with E-state index in [-0.39, 0.29) is 7.11 Å². The highest BCUT2D eigenvalue weighted by atomic mass is 19.4. The second-order valence-corrected chi connectivity index (χ2v) is 3.29. The van der Waals surface area contributed by atoms with E-state index in [9.17, 15) is 53.1 Å². The number of carbonyl (C=O) groups is 1. The molecule has 0 fully saturated rings. The standard InChI is InChI=1S/C7H3F11O2/c1-20-2(19)3(8,9)4(10,11)5(12,13)6(14,15)7(16,17)18/h1H3. The molecule has 0 aliphatic rings. The summed E-state index contributed by atoms with van der Waals surface area (Å²) in [4.78, 5) is 10.2. The summed E-state index contributed by atoms with van der Waals surface area (Å²) in [6.45, 7) is 0. The van der Waals surface area contributed by atoms with Crippen molar-refractivity contribution in [2.24, 2.45) is 0 Å². The largest absolute Gasteiger partial charge is 0.464 e. The number of hydrogen-bond donors (Lipinski definition) is 0. The van der Waals surface area contributed by atoms with Gasteiger partial charge in [0.05, 0.1) is 7.11 Å². The molecule has 2 nitrogen and oxygen atoms in total. The molecule has 0 saturated heterocycles. The van der Waals surface area contributed by atoms with E-state index in [2.05, 4.69) is 4.74 Å². The first kappa shape index (κ1) is 18.7. The van der Waals surface area contributed by atoms with E-state index in [1.807, 2.05) is 0 Å². The van der Waals surface area contributed by atoms with Crippen molar-refractivity contribution < 1.29 is 57.8 Å². The number of carbonyl (C=O) groups excluding carboxylic acids is 1. The van der Waals surface area contributed by atoms with Crippen LogP contribution in [0.15, 0.2) is 0 Å². The fourth-order valence-electron chi connectivity index (χ4n) is 0.829. The molecule has 0 aliphatic carbocycles. The summed E-state index contributed by atoms with van der Waals surface area (Å²) in [5.41, 5.74) is 0. The number of halogens is 11.